The molecule has 0 atom stereocenters. The number of hydrogen-bond acceptors (Lipinski definition) is 2. The zero-order valence-corrected chi connectivity index (χ0v) is 9.01. The average molecular weight is 190 g/mol. The molecule has 1 aromatic rings. The lowest BCUT2D eigenvalue weighted by atomic mass is 9.88. The molecule has 0 bridgehead atoms. The average Bonchev–Trinajstić information content (AvgIpc) is 2.19. The van der Waals surface area contributed by atoms with Crippen LogP contribution in [0, 0.1) is 13.8 Å². The van der Waals surface area contributed by atoms with Gasteiger partial charge in [0.1, 0.15) is 0 Å². The van der Waals surface area contributed by atoms with Crippen molar-refractivity contribution < 1.29 is 0 Å². The van der Waals surface area contributed by atoms with Gasteiger partial charge >= 0.3 is 0 Å². The summed E-state index contributed by atoms with van der Waals surface area (Å²) in [6, 6.07) is 2.19. The maximum Gasteiger partial charge on any atom is 0.0375 e. The summed E-state index contributed by atoms with van der Waals surface area (Å²) >= 11 is 0. The highest BCUT2D eigenvalue weighted by Gasteiger charge is 2.16. The number of nitrogens with zero attached hydrogens (tertiary/aromatic N) is 1. The SMILES string of the molecule is Cc1cc(C)c(C2CCNCC2)cn1. The molecular formula is C12H18N2. The molecule has 0 radical (unpaired) electrons. The summed E-state index contributed by atoms with van der Waals surface area (Å²) in [6.07, 6.45) is 4.58. The lowest BCUT2D eigenvalue weighted by Crippen LogP contribution is -2.27. The fraction of sp³-hybridized carbons (Fsp3) is 0.583. The maximum absolute atomic E-state index is 4.39. The smallest absolute Gasteiger partial charge is 0.0375 e. The molecule has 2 rings (SSSR count). The van der Waals surface area contributed by atoms with E-state index in [1.165, 1.54) is 24.0 Å². The van der Waals surface area contributed by atoms with Crippen molar-refractivity contribution in [3.63, 3.8) is 0 Å². The summed E-state index contributed by atoms with van der Waals surface area (Å²) in [5.41, 5.74) is 3.99. The van der Waals surface area contributed by atoms with E-state index in [9.17, 15) is 0 Å². The van der Waals surface area contributed by atoms with E-state index in [1.807, 2.05) is 0 Å². The number of nitrogens with one attached hydrogen (secondary N) is 1. The van der Waals surface area contributed by atoms with E-state index >= 15 is 0 Å². The van der Waals surface area contributed by atoms with Crippen molar-refractivity contribution in [1.29, 1.82) is 0 Å². The van der Waals surface area contributed by atoms with Gasteiger partial charge in [0.2, 0.25) is 0 Å². The minimum atomic E-state index is 0.726. The molecule has 1 N–H and O–H groups in total. The Morgan fingerprint density at radius 3 is 2.64 bits per heavy atom. The predicted molar refractivity (Wildman–Crippen MR) is 58.6 cm³/mol. The zero-order chi connectivity index (χ0) is 9.97. The minimum absolute atomic E-state index is 0.726. The second-order valence-corrected chi connectivity index (χ2v) is 4.21. The topological polar surface area (TPSA) is 24.9 Å². The van der Waals surface area contributed by atoms with E-state index < -0.39 is 0 Å². The Bertz CT molecular complexity index is 314. The van der Waals surface area contributed by atoms with Gasteiger partial charge in [0.15, 0.2) is 0 Å². The van der Waals surface area contributed by atoms with Crippen LogP contribution in [0.25, 0.3) is 0 Å². The van der Waals surface area contributed by atoms with Crippen molar-refractivity contribution in [3.8, 4) is 0 Å². The minimum Gasteiger partial charge on any atom is -0.317 e. The molecule has 0 aliphatic carbocycles. The summed E-state index contributed by atoms with van der Waals surface area (Å²) in [6.45, 7) is 6.56. The Balaban J connectivity index is 2.22. The van der Waals surface area contributed by atoms with Crippen LogP contribution in [0.15, 0.2) is 12.3 Å². The molecule has 2 heteroatoms. The molecule has 1 aromatic heterocycles. The van der Waals surface area contributed by atoms with Crippen LogP contribution in [-0.4, -0.2) is 18.1 Å². The number of rotatable bonds is 1. The third-order valence-corrected chi connectivity index (χ3v) is 3.07. The fourth-order valence-electron chi connectivity index (χ4n) is 2.27. The van der Waals surface area contributed by atoms with Crippen molar-refractivity contribution in [3.05, 3.63) is 29.1 Å². The van der Waals surface area contributed by atoms with E-state index in [1.54, 1.807) is 0 Å². The van der Waals surface area contributed by atoms with Crippen LogP contribution in [-0.2, 0) is 0 Å². The Morgan fingerprint density at radius 1 is 1.29 bits per heavy atom. The van der Waals surface area contributed by atoms with Gasteiger partial charge in [-0.2, -0.15) is 0 Å². The molecule has 0 amide bonds. The predicted octanol–water partition coefficient (Wildman–Crippen LogP) is 2.17. The first-order valence-electron chi connectivity index (χ1n) is 5.41. The summed E-state index contributed by atoms with van der Waals surface area (Å²) in [5.74, 6) is 0.726. The number of piperidine rings is 1. The molecule has 2 heterocycles. The summed E-state index contributed by atoms with van der Waals surface area (Å²) in [4.78, 5) is 4.39. The second kappa shape index (κ2) is 4.09. The normalized spacial score (nSPS) is 18.4. The molecule has 76 valence electrons. The number of pyridine rings is 1. The van der Waals surface area contributed by atoms with E-state index in [2.05, 4.69) is 36.4 Å². The summed E-state index contributed by atoms with van der Waals surface area (Å²) < 4.78 is 0. The van der Waals surface area contributed by atoms with Gasteiger partial charge in [0.05, 0.1) is 0 Å². The van der Waals surface area contributed by atoms with Crippen LogP contribution in [0.5, 0.6) is 0 Å². The largest absolute Gasteiger partial charge is 0.317 e. The van der Waals surface area contributed by atoms with Crippen LogP contribution in [0.2, 0.25) is 0 Å². The van der Waals surface area contributed by atoms with Gasteiger partial charge in [-0.1, -0.05) is 0 Å². The van der Waals surface area contributed by atoms with Gasteiger partial charge in [-0.05, 0) is 62.9 Å². The highest BCUT2D eigenvalue weighted by molar-refractivity contribution is 5.28. The van der Waals surface area contributed by atoms with Gasteiger partial charge in [0.25, 0.3) is 0 Å². The van der Waals surface area contributed by atoms with Crippen LogP contribution in [0.3, 0.4) is 0 Å². The zero-order valence-electron chi connectivity index (χ0n) is 9.01. The van der Waals surface area contributed by atoms with Crippen LogP contribution >= 0.6 is 0 Å². The molecule has 1 fully saturated rings. The molecule has 0 saturated carbocycles. The fourth-order valence-corrected chi connectivity index (χ4v) is 2.27. The van der Waals surface area contributed by atoms with Gasteiger partial charge in [-0.15, -0.1) is 0 Å². The quantitative estimate of drug-likeness (QED) is 0.734. The second-order valence-electron chi connectivity index (χ2n) is 4.21. The van der Waals surface area contributed by atoms with Gasteiger partial charge in [-0.25, -0.2) is 0 Å². The van der Waals surface area contributed by atoms with Crippen molar-refractivity contribution in [2.75, 3.05) is 13.1 Å². The third-order valence-electron chi connectivity index (χ3n) is 3.07. The molecular weight excluding hydrogens is 172 g/mol. The van der Waals surface area contributed by atoms with Crippen molar-refractivity contribution in [1.82, 2.24) is 10.3 Å². The van der Waals surface area contributed by atoms with Crippen molar-refractivity contribution >= 4 is 0 Å². The molecule has 0 spiro atoms. The lowest BCUT2D eigenvalue weighted by molar-refractivity contribution is 0.458. The monoisotopic (exact) mass is 190 g/mol. The number of aryl methyl sites for hydroxylation is 2. The van der Waals surface area contributed by atoms with E-state index in [0.29, 0.717) is 0 Å². The molecule has 2 nitrogen and oxygen atoms in total. The Kier molecular flexibility index (Phi) is 2.82. The molecule has 1 saturated heterocycles. The number of hydrogen-bond donors (Lipinski definition) is 1. The molecule has 1 aliphatic rings. The first-order valence-corrected chi connectivity index (χ1v) is 5.41. The van der Waals surface area contributed by atoms with Crippen molar-refractivity contribution in [2.45, 2.75) is 32.6 Å². The third kappa shape index (κ3) is 1.95. The Labute approximate surface area is 85.7 Å². The first kappa shape index (κ1) is 9.66. The maximum atomic E-state index is 4.39. The van der Waals surface area contributed by atoms with Crippen molar-refractivity contribution in [2.24, 2.45) is 0 Å². The summed E-state index contributed by atoms with van der Waals surface area (Å²) in [5, 5.41) is 3.39. The Morgan fingerprint density at radius 2 is 2.00 bits per heavy atom. The Hall–Kier alpha value is -0.890. The van der Waals surface area contributed by atoms with E-state index in [4.69, 9.17) is 0 Å². The molecule has 1 aliphatic heterocycles. The van der Waals surface area contributed by atoms with Crippen LogP contribution in [0.4, 0.5) is 0 Å². The lowest BCUT2D eigenvalue weighted by Gasteiger charge is -2.24. The standard InChI is InChI=1S/C12H18N2/c1-9-7-10(2)14-8-12(9)11-3-5-13-6-4-11/h7-8,11,13H,3-6H2,1-2H3. The van der Waals surface area contributed by atoms with Crippen LogP contribution in [0.1, 0.15) is 35.6 Å². The molecule has 14 heavy (non-hydrogen) atoms. The highest BCUT2D eigenvalue weighted by Crippen LogP contribution is 2.27. The van der Waals surface area contributed by atoms with E-state index in [0.717, 1.165) is 24.7 Å². The number of aromatic nitrogens is 1. The van der Waals surface area contributed by atoms with Gasteiger partial charge in [-0.3, -0.25) is 4.98 Å². The molecule has 0 unspecified atom stereocenters. The van der Waals surface area contributed by atoms with Crippen LogP contribution < -0.4 is 5.32 Å². The molecule has 0 aromatic carbocycles. The van der Waals surface area contributed by atoms with Gasteiger partial charge in [0, 0.05) is 11.9 Å². The summed E-state index contributed by atoms with van der Waals surface area (Å²) in [7, 11) is 0. The van der Waals surface area contributed by atoms with Gasteiger partial charge < -0.3 is 5.32 Å². The van der Waals surface area contributed by atoms with E-state index in [-0.39, 0.29) is 0 Å². The highest BCUT2D eigenvalue weighted by atomic mass is 14.9. The first-order chi connectivity index (χ1) is 6.77.